The molecule has 2 heterocycles. The van der Waals surface area contributed by atoms with Gasteiger partial charge in [-0.05, 0) is 56.4 Å². The first-order valence-electron chi connectivity index (χ1n) is 10.5. The molecule has 1 amide bonds. The fraction of sp³-hybridized carbons (Fsp3) is 0.292. The maximum absolute atomic E-state index is 13.4. The lowest BCUT2D eigenvalue weighted by Crippen LogP contribution is -2.29. The van der Waals surface area contributed by atoms with Gasteiger partial charge in [0.05, 0.1) is 10.5 Å². The van der Waals surface area contributed by atoms with Crippen molar-refractivity contribution in [1.82, 2.24) is 15.0 Å². The molecule has 5 rings (SSSR count). The van der Waals surface area contributed by atoms with Gasteiger partial charge in [-0.3, -0.25) is 9.59 Å². The summed E-state index contributed by atoms with van der Waals surface area (Å²) in [5.41, 5.74) is 1.85. The number of nitrogens with zero attached hydrogens (tertiary/aromatic N) is 2. The van der Waals surface area contributed by atoms with Crippen molar-refractivity contribution in [3.05, 3.63) is 75.2 Å². The fourth-order valence-corrected chi connectivity index (χ4v) is 4.99. The first-order chi connectivity index (χ1) is 15.0. The second-order valence-corrected chi connectivity index (χ2v) is 8.59. The van der Waals surface area contributed by atoms with E-state index in [0.29, 0.717) is 39.7 Å². The summed E-state index contributed by atoms with van der Waals surface area (Å²) in [6, 6.07) is 14.8. The number of amides is 1. The number of halogens is 1. The summed E-state index contributed by atoms with van der Waals surface area (Å²) in [5, 5.41) is 8.93. The molecule has 1 aliphatic carbocycles. The second kappa shape index (κ2) is 7.85. The fourth-order valence-electron chi connectivity index (χ4n) is 4.73. The van der Waals surface area contributed by atoms with Gasteiger partial charge < -0.3 is 14.4 Å². The highest BCUT2D eigenvalue weighted by Crippen LogP contribution is 2.38. The van der Waals surface area contributed by atoms with E-state index in [1.165, 1.54) is 0 Å². The minimum absolute atomic E-state index is 0.0331. The largest absolute Gasteiger partial charge is 0.360 e. The van der Waals surface area contributed by atoms with Gasteiger partial charge in [0.15, 0.2) is 0 Å². The van der Waals surface area contributed by atoms with Gasteiger partial charge in [0, 0.05) is 23.5 Å². The number of pyridine rings is 1. The summed E-state index contributed by atoms with van der Waals surface area (Å²) < 4.78 is 7.19. The van der Waals surface area contributed by atoms with Gasteiger partial charge in [0.1, 0.15) is 16.7 Å². The molecule has 1 saturated carbocycles. The normalized spacial score (nSPS) is 18.6. The molecule has 2 aromatic carbocycles. The molecule has 0 spiro atoms. The topological polar surface area (TPSA) is 77.1 Å². The van der Waals surface area contributed by atoms with E-state index in [1.807, 2.05) is 34.9 Å². The van der Waals surface area contributed by atoms with E-state index in [-0.39, 0.29) is 17.5 Å². The van der Waals surface area contributed by atoms with Gasteiger partial charge >= 0.3 is 0 Å². The van der Waals surface area contributed by atoms with Gasteiger partial charge in [-0.15, -0.1) is 0 Å². The van der Waals surface area contributed by atoms with E-state index >= 15 is 0 Å². The number of rotatable bonds is 4. The molecule has 0 bridgehead atoms. The standard InChI is InChI=1S/C24H22ClN3O3/c1-14-20-22(27-31-14)21-18(25)8-5-9-19(21)28(24(20)30)17-11-10-15(12-17)13-26-23(29)16-6-3-2-4-7-16/h2-9,15,17H,10-13H2,1H3,(H,26,29)/t15-,17+/m0/s1. The lowest BCUT2D eigenvalue weighted by molar-refractivity contribution is 0.0947. The smallest absolute Gasteiger partial charge is 0.264 e. The number of nitrogens with one attached hydrogen (secondary N) is 1. The SMILES string of the molecule is Cc1onc2c1c(=O)n([C@@H]1CC[C@H](CNC(=O)c3ccccc3)C1)c1cccc(Cl)c21. The zero-order valence-corrected chi connectivity index (χ0v) is 17.9. The van der Waals surface area contributed by atoms with Crippen LogP contribution in [0.25, 0.3) is 21.8 Å². The van der Waals surface area contributed by atoms with Crippen LogP contribution >= 0.6 is 11.6 Å². The molecular weight excluding hydrogens is 414 g/mol. The predicted octanol–water partition coefficient (Wildman–Crippen LogP) is 4.88. The summed E-state index contributed by atoms with van der Waals surface area (Å²) in [6.45, 7) is 2.34. The highest BCUT2D eigenvalue weighted by Gasteiger charge is 2.30. The Bertz CT molecular complexity index is 1340. The third-order valence-electron chi connectivity index (χ3n) is 6.25. The number of carbonyl (C=O) groups is 1. The van der Waals surface area contributed by atoms with E-state index in [9.17, 15) is 9.59 Å². The van der Waals surface area contributed by atoms with Crippen LogP contribution < -0.4 is 10.9 Å². The third-order valence-corrected chi connectivity index (χ3v) is 6.56. The Hall–Kier alpha value is -3.12. The van der Waals surface area contributed by atoms with Crippen molar-refractivity contribution >= 4 is 39.3 Å². The molecule has 31 heavy (non-hydrogen) atoms. The molecule has 158 valence electrons. The maximum Gasteiger partial charge on any atom is 0.264 e. The van der Waals surface area contributed by atoms with Gasteiger partial charge in [0.25, 0.3) is 11.5 Å². The molecule has 0 aliphatic heterocycles. The van der Waals surface area contributed by atoms with Gasteiger partial charge in [-0.1, -0.05) is 41.0 Å². The molecule has 6 nitrogen and oxygen atoms in total. The number of hydrogen-bond acceptors (Lipinski definition) is 4. The quantitative estimate of drug-likeness (QED) is 0.495. The van der Waals surface area contributed by atoms with E-state index < -0.39 is 0 Å². The van der Waals surface area contributed by atoms with Crippen molar-refractivity contribution in [1.29, 1.82) is 0 Å². The summed E-state index contributed by atoms with van der Waals surface area (Å²) in [4.78, 5) is 25.8. The van der Waals surface area contributed by atoms with E-state index in [4.69, 9.17) is 16.1 Å². The molecule has 7 heteroatoms. The van der Waals surface area contributed by atoms with Crippen molar-refractivity contribution in [2.45, 2.75) is 32.2 Å². The molecule has 1 N–H and O–H groups in total. The van der Waals surface area contributed by atoms with Crippen LogP contribution in [0.1, 0.15) is 41.4 Å². The van der Waals surface area contributed by atoms with Crippen molar-refractivity contribution in [2.24, 2.45) is 5.92 Å². The Labute approximate surface area is 183 Å². The van der Waals surface area contributed by atoms with Crippen LogP contribution in [0, 0.1) is 12.8 Å². The molecule has 2 atom stereocenters. The minimum atomic E-state index is -0.0949. The number of fused-ring (bicyclic) bond motifs is 3. The number of carbonyl (C=O) groups excluding carboxylic acids is 1. The highest BCUT2D eigenvalue weighted by atomic mass is 35.5. The van der Waals surface area contributed by atoms with Crippen molar-refractivity contribution < 1.29 is 9.32 Å². The number of hydrogen-bond donors (Lipinski definition) is 1. The Balaban J connectivity index is 1.44. The van der Waals surface area contributed by atoms with Crippen LogP contribution in [-0.4, -0.2) is 22.2 Å². The zero-order valence-electron chi connectivity index (χ0n) is 17.1. The molecule has 0 saturated heterocycles. The molecule has 0 unspecified atom stereocenters. The molecule has 1 aliphatic rings. The first kappa shape index (κ1) is 19.8. The number of aryl methyl sites for hydroxylation is 1. The van der Waals surface area contributed by atoms with Crippen LogP contribution in [-0.2, 0) is 0 Å². The van der Waals surface area contributed by atoms with Crippen LogP contribution in [0.15, 0.2) is 57.8 Å². The highest BCUT2D eigenvalue weighted by molar-refractivity contribution is 6.37. The van der Waals surface area contributed by atoms with Gasteiger partial charge in [-0.2, -0.15) is 0 Å². The second-order valence-electron chi connectivity index (χ2n) is 8.18. The Morgan fingerprint density at radius 3 is 2.77 bits per heavy atom. The van der Waals surface area contributed by atoms with Crippen LogP contribution in [0.5, 0.6) is 0 Å². The average molecular weight is 436 g/mol. The predicted molar refractivity (Wildman–Crippen MR) is 121 cm³/mol. The maximum atomic E-state index is 13.4. The van der Waals surface area contributed by atoms with Crippen molar-refractivity contribution in [2.75, 3.05) is 6.54 Å². The van der Waals surface area contributed by atoms with E-state index in [2.05, 4.69) is 10.5 Å². The molecule has 0 radical (unpaired) electrons. The summed E-state index contributed by atoms with van der Waals surface area (Å²) in [5.74, 6) is 0.735. The lowest BCUT2D eigenvalue weighted by atomic mass is 10.1. The monoisotopic (exact) mass is 435 g/mol. The van der Waals surface area contributed by atoms with Gasteiger partial charge in [0.2, 0.25) is 0 Å². The molecule has 2 aromatic heterocycles. The van der Waals surface area contributed by atoms with E-state index in [1.54, 1.807) is 25.1 Å². The summed E-state index contributed by atoms with van der Waals surface area (Å²) in [6.07, 6.45) is 2.62. The Morgan fingerprint density at radius 1 is 1.16 bits per heavy atom. The van der Waals surface area contributed by atoms with Gasteiger partial charge in [-0.25, -0.2) is 0 Å². The van der Waals surface area contributed by atoms with Crippen LogP contribution in [0.2, 0.25) is 5.02 Å². The Kier molecular flexibility index (Phi) is 5.02. The zero-order chi connectivity index (χ0) is 21.5. The number of benzene rings is 2. The summed E-state index contributed by atoms with van der Waals surface area (Å²) in [7, 11) is 0. The first-order valence-corrected chi connectivity index (χ1v) is 10.8. The van der Waals surface area contributed by atoms with Crippen molar-refractivity contribution in [3.63, 3.8) is 0 Å². The van der Waals surface area contributed by atoms with E-state index in [0.717, 1.165) is 30.2 Å². The van der Waals surface area contributed by atoms with Crippen molar-refractivity contribution in [3.8, 4) is 0 Å². The van der Waals surface area contributed by atoms with Crippen LogP contribution in [0.3, 0.4) is 0 Å². The third kappa shape index (κ3) is 3.41. The molecular formula is C24H22ClN3O3. The lowest BCUT2D eigenvalue weighted by Gasteiger charge is -2.19. The summed E-state index contributed by atoms with van der Waals surface area (Å²) >= 11 is 6.50. The number of aromatic nitrogens is 2. The van der Waals surface area contributed by atoms with Crippen LogP contribution in [0.4, 0.5) is 0 Å². The average Bonchev–Trinajstić information content (AvgIpc) is 3.40. The molecule has 1 fully saturated rings. The Morgan fingerprint density at radius 2 is 1.97 bits per heavy atom. The molecule has 4 aromatic rings. The minimum Gasteiger partial charge on any atom is -0.360 e.